The number of rotatable bonds is 5. The quantitative estimate of drug-likeness (QED) is 0.439. The minimum atomic E-state index is -0.593. The summed E-state index contributed by atoms with van der Waals surface area (Å²) in [7, 11) is 1.33. The predicted octanol–water partition coefficient (Wildman–Crippen LogP) is 5.70. The Morgan fingerprint density at radius 2 is 1.90 bits per heavy atom. The molecule has 30 heavy (non-hydrogen) atoms. The van der Waals surface area contributed by atoms with Gasteiger partial charge in [-0.15, -0.1) is 11.8 Å². The van der Waals surface area contributed by atoms with Crippen LogP contribution in [0.1, 0.15) is 35.2 Å². The Hall–Kier alpha value is -2.15. The van der Waals surface area contributed by atoms with Crippen LogP contribution >= 0.6 is 35.0 Å². The van der Waals surface area contributed by atoms with Gasteiger partial charge >= 0.3 is 12.0 Å². The maximum Gasteiger partial charge on any atom is 0.337 e. The molecule has 0 fully saturated rings. The average Bonchev–Trinajstić information content (AvgIpc) is 2.69. The van der Waals surface area contributed by atoms with Crippen LogP contribution in [0.15, 0.2) is 46.5 Å². The van der Waals surface area contributed by atoms with Crippen molar-refractivity contribution in [3.05, 3.63) is 73.9 Å². The molecule has 0 saturated heterocycles. The molecule has 1 heterocycles. The number of halogens is 2. The van der Waals surface area contributed by atoms with Gasteiger partial charge in [0.15, 0.2) is 0 Å². The third-order valence-electron chi connectivity index (χ3n) is 4.96. The van der Waals surface area contributed by atoms with Crippen LogP contribution in [0.3, 0.4) is 0 Å². The van der Waals surface area contributed by atoms with Gasteiger partial charge < -0.3 is 15.4 Å². The van der Waals surface area contributed by atoms with Crippen molar-refractivity contribution in [1.29, 1.82) is 0 Å². The lowest BCUT2D eigenvalue weighted by Gasteiger charge is -2.29. The maximum absolute atomic E-state index is 12.4. The van der Waals surface area contributed by atoms with E-state index in [0.29, 0.717) is 27.1 Å². The number of hydrogen-bond acceptors (Lipinski definition) is 4. The van der Waals surface area contributed by atoms with E-state index >= 15 is 0 Å². The molecule has 1 aliphatic rings. The molecule has 158 valence electrons. The molecule has 1 atom stereocenters. The zero-order valence-corrected chi connectivity index (χ0v) is 19.4. The minimum absolute atomic E-state index is 0.354. The van der Waals surface area contributed by atoms with Crippen LogP contribution < -0.4 is 10.6 Å². The van der Waals surface area contributed by atoms with Gasteiger partial charge in [0.2, 0.25) is 0 Å². The molecule has 5 nitrogen and oxygen atoms in total. The van der Waals surface area contributed by atoms with Crippen LogP contribution in [-0.4, -0.2) is 19.1 Å². The van der Waals surface area contributed by atoms with Crippen LogP contribution in [0.2, 0.25) is 10.0 Å². The van der Waals surface area contributed by atoms with Gasteiger partial charge in [-0.1, -0.05) is 40.9 Å². The third kappa shape index (κ3) is 4.77. The van der Waals surface area contributed by atoms with Gasteiger partial charge in [-0.05, 0) is 55.7 Å². The smallest absolute Gasteiger partial charge is 0.337 e. The molecule has 0 saturated carbocycles. The normalized spacial score (nSPS) is 16.2. The van der Waals surface area contributed by atoms with Gasteiger partial charge in [0.05, 0.1) is 23.7 Å². The first kappa shape index (κ1) is 22.5. The Kier molecular flexibility index (Phi) is 7.01. The topological polar surface area (TPSA) is 67.4 Å². The summed E-state index contributed by atoms with van der Waals surface area (Å²) >= 11 is 14.0. The third-order valence-corrected chi connectivity index (χ3v) is 6.74. The highest BCUT2D eigenvalue weighted by Gasteiger charge is 2.33. The monoisotopic (exact) mass is 464 g/mol. The molecule has 0 bridgehead atoms. The summed E-state index contributed by atoms with van der Waals surface area (Å²) in [4.78, 5) is 25.5. The highest BCUT2D eigenvalue weighted by Crippen LogP contribution is 2.36. The van der Waals surface area contributed by atoms with Crippen molar-refractivity contribution in [2.45, 2.75) is 37.5 Å². The van der Waals surface area contributed by atoms with Crippen molar-refractivity contribution < 1.29 is 14.3 Å². The SMILES string of the molecule is COC(=O)C1=C(C)NC(=O)NC1c1cc(C)cc(CSc2cc(Cl)ccc2Cl)c1C. The molecule has 3 rings (SSSR count). The lowest BCUT2D eigenvalue weighted by Crippen LogP contribution is -2.45. The van der Waals surface area contributed by atoms with E-state index in [1.54, 1.807) is 30.8 Å². The van der Waals surface area contributed by atoms with Crippen molar-refractivity contribution in [2.24, 2.45) is 0 Å². The van der Waals surface area contributed by atoms with E-state index in [1.165, 1.54) is 7.11 Å². The standard InChI is InChI=1S/C22H22Cl2N2O3S/c1-11-7-14(10-30-18-9-15(23)5-6-17(18)24)12(2)16(8-11)20-19(21(27)29-4)13(3)25-22(28)26-20/h5-9,20H,10H2,1-4H3,(H2,25,26,28). The number of nitrogens with one attached hydrogen (secondary N) is 2. The van der Waals surface area contributed by atoms with Gasteiger partial charge in [-0.2, -0.15) is 0 Å². The molecule has 1 aliphatic heterocycles. The Balaban J connectivity index is 1.99. The fraction of sp³-hybridized carbons (Fsp3) is 0.273. The number of benzene rings is 2. The summed E-state index contributed by atoms with van der Waals surface area (Å²) in [6.45, 7) is 5.67. The Labute approximate surface area is 190 Å². The largest absolute Gasteiger partial charge is 0.466 e. The molecule has 2 aromatic carbocycles. The van der Waals surface area contributed by atoms with Crippen molar-refractivity contribution in [2.75, 3.05) is 7.11 Å². The molecule has 0 radical (unpaired) electrons. The molecule has 1 unspecified atom stereocenters. The number of urea groups is 1. The lowest BCUT2D eigenvalue weighted by atomic mass is 9.89. The zero-order valence-electron chi connectivity index (χ0n) is 17.1. The molecule has 2 N–H and O–H groups in total. The number of carbonyl (C=O) groups is 2. The average molecular weight is 465 g/mol. The molecular formula is C22H22Cl2N2O3S. The predicted molar refractivity (Wildman–Crippen MR) is 121 cm³/mol. The summed E-state index contributed by atoms with van der Waals surface area (Å²) in [5.41, 5.74) is 4.84. The number of allylic oxidation sites excluding steroid dienone is 1. The Morgan fingerprint density at radius 3 is 2.60 bits per heavy atom. The number of thioether (sulfide) groups is 1. The number of amides is 2. The van der Waals surface area contributed by atoms with Gasteiger partial charge in [0.1, 0.15) is 0 Å². The second kappa shape index (κ2) is 9.33. The summed E-state index contributed by atoms with van der Waals surface area (Å²) < 4.78 is 4.96. The van der Waals surface area contributed by atoms with Crippen molar-refractivity contribution in [1.82, 2.24) is 10.6 Å². The summed E-state index contributed by atoms with van der Waals surface area (Å²) in [6.07, 6.45) is 0. The zero-order chi connectivity index (χ0) is 22.0. The molecule has 8 heteroatoms. The summed E-state index contributed by atoms with van der Waals surface area (Å²) in [6, 6.07) is 8.52. The highest BCUT2D eigenvalue weighted by atomic mass is 35.5. The van der Waals surface area contributed by atoms with E-state index in [9.17, 15) is 9.59 Å². The maximum atomic E-state index is 12.4. The van der Waals surface area contributed by atoms with E-state index in [2.05, 4.69) is 16.7 Å². The first-order valence-electron chi connectivity index (χ1n) is 9.25. The second-order valence-corrected chi connectivity index (χ2v) is 8.92. The minimum Gasteiger partial charge on any atom is -0.466 e. The van der Waals surface area contributed by atoms with Crippen LogP contribution in [0.4, 0.5) is 4.79 Å². The highest BCUT2D eigenvalue weighted by molar-refractivity contribution is 7.98. The van der Waals surface area contributed by atoms with Crippen molar-refractivity contribution >= 4 is 47.0 Å². The Morgan fingerprint density at radius 1 is 1.17 bits per heavy atom. The van der Waals surface area contributed by atoms with Crippen molar-refractivity contribution in [3.63, 3.8) is 0 Å². The number of esters is 1. The second-order valence-electron chi connectivity index (χ2n) is 7.06. The fourth-order valence-corrected chi connectivity index (χ4v) is 5.01. The first-order valence-corrected chi connectivity index (χ1v) is 11.0. The summed E-state index contributed by atoms with van der Waals surface area (Å²) in [5.74, 6) is 0.183. The molecule has 2 aromatic rings. The molecular weight excluding hydrogens is 443 g/mol. The molecule has 2 amide bonds. The fourth-order valence-electron chi connectivity index (χ4n) is 3.46. The van der Waals surface area contributed by atoms with Crippen LogP contribution in [0, 0.1) is 13.8 Å². The first-order chi connectivity index (χ1) is 14.2. The van der Waals surface area contributed by atoms with Gasteiger partial charge in [0.25, 0.3) is 0 Å². The lowest BCUT2D eigenvalue weighted by molar-refractivity contribution is -0.136. The number of carbonyl (C=O) groups excluding carboxylic acids is 2. The van der Waals surface area contributed by atoms with Gasteiger partial charge in [-0.25, -0.2) is 9.59 Å². The van der Waals surface area contributed by atoms with E-state index in [-0.39, 0.29) is 6.03 Å². The van der Waals surface area contributed by atoms with Crippen LogP contribution in [0.25, 0.3) is 0 Å². The van der Waals surface area contributed by atoms with Crippen LogP contribution in [0.5, 0.6) is 0 Å². The summed E-state index contributed by atoms with van der Waals surface area (Å²) in [5, 5.41) is 6.78. The number of ether oxygens (including phenoxy) is 1. The van der Waals surface area contributed by atoms with Crippen molar-refractivity contribution in [3.8, 4) is 0 Å². The van der Waals surface area contributed by atoms with Gasteiger partial charge in [0, 0.05) is 21.4 Å². The van der Waals surface area contributed by atoms with E-state index in [1.807, 2.05) is 26.0 Å². The number of hydrogen-bond donors (Lipinski definition) is 2. The van der Waals surface area contributed by atoms with Gasteiger partial charge in [-0.3, -0.25) is 0 Å². The number of aryl methyl sites for hydroxylation is 1. The molecule has 0 spiro atoms. The molecule has 0 aliphatic carbocycles. The van der Waals surface area contributed by atoms with E-state index in [4.69, 9.17) is 27.9 Å². The van der Waals surface area contributed by atoms with E-state index in [0.717, 1.165) is 27.1 Å². The Bertz CT molecular complexity index is 1050. The number of methoxy groups -OCH3 is 1. The molecule has 0 aromatic heterocycles. The van der Waals surface area contributed by atoms with E-state index < -0.39 is 12.0 Å². The van der Waals surface area contributed by atoms with Crippen LogP contribution in [-0.2, 0) is 15.3 Å².